The average Bonchev–Trinajstić information content (AvgIpc) is 2.79. The minimum Gasteiger partial charge on any atom is -0.459 e. The molecule has 1 aliphatic rings. The molecule has 5 heteroatoms. The summed E-state index contributed by atoms with van der Waals surface area (Å²) >= 11 is 0. The van der Waals surface area contributed by atoms with Gasteiger partial charge in [0.05, 0.1) is 6.10 Å². The Balaban J connectivity index is 2.32. The third-order valence-electron chi connectivity index (χ3n) is 3.53. The summed E-state index contributed by atoms with van der Waals surface area (Å²) in [4.78, 5) is 28.8. The molecule has 1 aromatic rings. The number of hydrogen-bond acceptors (Lipinski definition) is 5. The van der Waals surface area contributed by atoms with Gasteiger partial charge in [0.2, 0.25) is 5.78 Å². The topological polar surface area (TPSA) is 65.5 Å². The van der Waals surface area contributed by atoms with E-state index in [2.05, 4.69) is 4.98 Å². The number of carbonyl (C=O) groups excluding carboxylic acids is 2. The normalized spacial score (nSPS) is 16.8. The fraction of sp³-hybridized carbons (Fsp3) is 0.316. The summed E-state index contributed by atoms with van der Waals surface area (Å²) in [5, 5.41) is 0. The second kappa shape index (κ2) is 7.25. The Kier molecular flexibility index (Phi) is 5.34. The Hall–Kier alpha value is -2.69. The Labute approximate surface area is 141 Å². The number of aryl methyl sites for hydroxylation is 1. The maximum atomic E-state index is 12.5. The molecular weight excluding hydrogens is 306 g/mol. The number of ketones is 1. The van der Waals surface area contributed by atoms with Crippen LogP contribution in [-0.4, -0.2) is 22.8 Å². The van der Waals surface area contributed by atoms with E-state index in [0.717, 1.165) is 16.8 Å². The zero-order valence-electron chi connectivity index (χ0n) is 14.5. The van der Waals surface area contributed by atoms with Crippen LogP contribution < -0.4 is 0 Å². The predicted octanol–water partition coefficient (Wildman–Crippen LogP) is 3.50. The highest BCUT2D eigenvalue weighted by molar-refractivity contribution is 6.25. The Morgan fingerprint density at radius 3 is 2.62 bits per heavy atom. The van der Waals surface area contributed by atoms with Gasteiger partial charge in [-0.2, -0.15) is 0 Å². The number of aromatic nitrogens is 1. The van der Waals surface area contributed by atoms with Crippen LogP contribution in [0.1, 0.15) is 39.0 Å². The summed E-state index contributed by atoms with van der Waals surface area (Å²) < 4.78 is 10.6. The number of ether oxygens (including phenoxy) is 2. The monoisotopic (exact) mass is 327 g/mol. The third-order valence-corrected chi connectivity index (χ3v) is 3.53. The zero-order valence-corrected chi connectivity index (χ0v) is 14.5. The molecule has 0 radical (unpaired) electrons. The number of carbonyl (C=O) groups is 2. The van der Waals surface area contributed by atoms with Crippen molar-refractivity contribution < 1.29 is 19.1 Å². The molecular formula is C19H21NO4. The summed E-state index contributed by atoms with van der Waals surface area (Å²) in [5.74, 6) is -0.746. The number of hydrogen-bond donors (Lipinski definition) is 0. The first-order valence-electron chi connectivity index (χ1n) is 7.79. The largest absolute Gasteiger partial charge is 0.459 e. The van der Waals surface area contributed by atoms with Crippen molar-refractivity contribution >= 4 is 17.3 Å². The van der Waals surface area contributed by atoms with Gasteiger partial charge in [-0.05, 0) is 52.3 Å². The predicted molar refractivity (Wildman–Crippen MR) is 90.7 cm³/mol. The number of Topliss-reactive ketones (excluding diaryl/α,β-unsaturated/α-hetero) is 1. The molecule has 1 aliphatic heterocycles. The number of rotatable bonds is 4. The molecule has 0 fully saturated rings. The van der Waals surface area contributed by atoms with Crippen molar-refractivity contribution in [3.63, 3.8) is 0 Å². The molecule has 0 atom stereocenters. The van der Waals surface area contributed by atoms with Crippen molar-refractivity contribution in [3.8, 4) is 0 Å². The Morgan fingerprint density at radius 2 is 2.04 bits per heavy atom. The van der Waals surface area contributed by atoms with E-state index in [-0.39, 0.29) is 23.2 Å². The number of allylic oxidation sites excluding steroid dienone is 5. The first-order valence-corrected chi connectivity index (χ1v) is 7.79. The van der Waals surface area contributed by atoms with Gasteiger partial charge in [0, 0.05) is 17.5 Å². The maximum absolute atomic E-state index is 12.5. The molecule has 0 amide bonds. The lowest BCUT2D eigenvalue weighted by molar-refractivity contribution is -0.143. The number of pyridine rings is 1. The molecule has 0 unspecified atom stereocenters. The van der Waals surface area contributed by atoms with E-state index < -0.39 is 11.8 Å². The highest BCUT2D eigenvalue weighted by Crippen LogP contribution is 2.29. The quantitative estimate of drug-likeness (QED) is 0.481. The maximum Gasteiger partial charge on any atom is 0.346 e. The van der Waals surface area contributed by atoms with Crippen LogP contribution in [0, 0.1) is 6.92 Å². The summed E-state index contributed by atoms with van der Waals surface area (Å²) in [7, 11) is 0. The van der Waals surface area contributed by atoms with Crippen LogP contribution in [-0.2, 0) is 19.1 Å². The molecule has 2 heterocycles. The molecule has 0 bridgehead atoms. The van der Waals surface area contributed by atoms with Gasteiger partial charge in [-0.15, -0.1) is 0 Å². The van der Waals surface area contributed by atoms with E-state index in [1.165, 1.54) is 0 Å². The van der Waals surface area contributed by atoms with Crippen molar-refractivity contribution in [2.24, 2.45) is 0 Å². The summed E-state index contributed by atoms with van der Waals surface area (Å²) in [6, 6.07) is 3.75. The number of nitrogens with zero attached hydrogens (tertiary/aromatic N) is 1. The van der Waals surface area contributed by atoms with Crippen molar-refractivity contribution in [2.75, 3.05) is 0 Å². The molecule has 126 valence electrons. The van der Waals surface area contributed by atoms with Gasteiger partial charge in [0.15, 0.2) is 5.76 Å². The first kappa shape index (κ1) is 17.7. The molecule has 2 rings (SSSR count). The molecule has 1 aromatic heterocycles. The molecule has 5 nitrogen and oxygen atoms in total. The second-order valence-corrected chi connectivity index (χ2v) is 5.71. The van der Waals surface area contributed by atoms with Gasteiger partial charge in [0.25, 0.3) is 0 Å². The average molecular weight is 327 g/mol. The lowest BCUT2D eigenvalue weighted by Gasteiger charge is -2.07. The van der Waals surface area contributed by atoms with Gasteiger partial charge in [0.1, 0.15) is 11.3 Å². The summed E-state index contributed by atoms with van der Waals surface area (Å²) in [5.41, 5.74) is 2.50. The fourth-order valence-electron chi connectivity index (χ4n) is 2.40. The van der Waals surface area contributed by atoms with Crippen LogP contribution in [0.4, 0.5) is 0 Å². The van der Waals surface area contributed by atoms with Gasteiger partial charge in [-0.25, -0.2) is 4.79 Å². The van der Waals surface area contributed by atoms with Crippen LogP contribution in [0.15, 0.2) is 47.6 Å². The minimum absolute atomic E-state index is 0.0479. The third kappa shape index (κ3) is 3.62. The molecule has 0 spiro atoms. The molecule has 24 heavy (non-hydrogen) atoms. The molecule has 0 aliphatic carbocycles. The Morgan fingerprint density at radius 1 is 1.33 bits per heavy atom. The van der Waals surface area contributed by atoms with E-state index in [4.69, 9.17) is 9.47 Å². The van der Waals surface area contributed by atoms with E-state index in [9.17, 15) is 9.59 Å². The van der Waals surface area contributed by atoms with E-state index in [1.807, 2.05) is 32.1 Å². The van der Waals surface area contributed by atoms with E-state index >= 15 is 0 Å². The van der Waals surface area contributed by atoms with Crippen molar-refractivity contribution in [1.29, 1.82) is 0 Å². The van der Waals surface area contributed by atoms with Gasteiger partial charge in [-0.3, -0.25) is 9.78 Å². The van der Waals surface area contributed by atoms with Gasteiger partial charge < -0.3 is 9.47 Å². The standard InChI is InChI=1S/C19H21NO4/c1-6-14(15-8-7-9-20-12(15)4)10-16-18(21)17(13(5)24-16)19(22)23-11(2)3/h6-11H,1-5H3/b14-6-,16-10-. The van der Waals surface area contributed by atoms with E-state index in [0.29, 0.717) is 0 Å². The van der Waals surface area contributed by atoms with Crippen LogP contribution in [0.25, 0.3) is 5.57 Å². The lowest BCUT2D eigenvalue weighted by atomic mass is 10.0. The SMILES string of the molecule is C/C=C(/C=C1\OC(C)=C(C(=O)OC(C)C)C1=O)c1cccnc1C. The van der Waals surface area contributed by atoms with Crippen LogP contribution >= 0.6 is 0 Å². The van der Waals surface area contributed by atoms with Crippen molar-refractivity contribution in [3.05, 3.63) is 58.8 Å². The summed E-state index contributed by atoms with van der Waals surface area (Å²) in [6.07, 6.45) is 4.91. The molecule has 0 saturated heterocycles. The Bertz CT molecular complexity index is 769. The van der Waals surface area contributed by atoms with Gasteiger partial charge >= 0.3 is 5.97 Å². The minimum atomic E-state index is -0.657. The number of esters is 1. The van der Waals surface area contributed by atoms with E-state index in [1.54, 1.807) is 33.0 Å². The highest BCUT2D eigenvalue weighted by atomic mass is 16.5. The highest BCUT2D eigenvalue weighted by Gasteiger charge is 2.35. The van der Waals surface area contributed by atoms with Gasteiger partial charge in [-0.1, -0.05) is 12.1 Å². The smallest absolute Gasteiger partial charge is 0.346 e. The fourth-order valence-corrected chi connectivity index (χ4v) is 2.40. The van der Waals surface area contributed by atoms with Crippen LogP contribution in [0.5, 0.6) is 0 Å². The molecule has 0 aromatic carbocycles. The second-order valence-electron chi connectivity index (χ2n) is 5.71. The van der Waals surface area contributed by atoms with Crippen LogP contribution in [0.2, 0.25) is 0 Å². The molecule has 0 saturated carbocycles. The molecule has 0 N–H and O–H groups in total. The van der Waals surface area contributed by atoms with Crippen molar-refractivity contribution in [1.82, 2.24) is 4.98 Å². The van der Waals surface area contributed by atoms with Crippen molar-refractivity contribution in [2.45, 2.75) is 40.7 Å². The van der Waals surface area contributed by atoms with Crippen LogP contribution in [0.3, 0.4) is 0 Å². The zero-order chi connectivity index (χ0) is 17.9. The lowest BCUT2D eigenvalue weighted by Crippen LogP contribution is -2.18. The first-order chi connectivity index (χ1) is 11.3. The summed E-state index contributed by atoms with van der Waals surface area (Å²) in [6.45, 7) is 8.80.